The molecular formula is C7H14O4. The summed E-state index contributed by atoms with van der Waals surface area (Å²) in [4.78, 5) is 10.2. The van der Waals surface area contributed by atoms with E-state index in [0.29, 0.717) is 6.61 Å². The van der Waals surface area contributed by atoms with Crippen molar-refractivity contribution in [3.8, 4) is 0 Å². The monoisotopic (exact) mass is 162 g/mol. The molecular weight excluding hydrogens is 148 g/mol. The van der Waals surface area contributed by atoms with E-state index in [1.54, 1.807) is 6.92 Å². The average Bonchev–Trinajstić information content (AvgIpc) is 1.81. The van der Waals surface area contributed by atoms with E-state index >= 15 is 0 Å². The van der Waals surface area contributed by atoms with E-state index in [0.717, 1.165) is 0 Å². The lowest BCUT2D eigenvalue weighted by atomic mass is 10.0. The van der Waals surface area contributed by atoms with Crippen molar-refractivity contribution in [2.24, 2.45) is 0 Å². The Morgan fingerprint density at radius 1 is 1.64 bits per heavy atom. The van der Waals surface area contributed by atoms with Crippen LogP contribution >= 0.6 is 0 Å². The van der Waals surface area contributed by atoms with Crippen LogP contribution in [0.2, 0.25) is 0 Å². The minimum absolute atomic E-state index is 0.0653. The molecule has 1 atom stereocenters. The van der Waals surface area contributed by atoms with Crippen LogP contribution in [0.4, 0.5) is 0 Å². The van der Waals surface area contributed by atoms with Gasteiger partial charge in [0.15, 0.2) is 0 Å². The molecule has 66 valence electrons. The Morgan fingerprint density at radius 3 is 2.55 bits per heavy atom. The zero-order valence-electron chi connectivity index (χ0n) is 6.83. The second-order valence-electron chi connectivity index (χ2n) is 2.70. The van der Waals surface area contributed by atoms with Gasteiger partial charge in [-0.1, -0.05) is 0 Å². The third-order valence-electron chi connectivity index (χ3n) is 1.15. The Morgan fingerprint density at radius 2 is 2.18 bits per heavy atom. The number of hydrogen-bond acceptors (Lipinski definition) is 3. The molecule has 4 nitrogen and oxygen atoms in total. The molecule has 0 bridgehead atoms. The van der Waals surface area contributed by atoms with Crippen molar-refractivity contribution in [2.75, 3.05) is 13.2 Å². The van der Waals surface area contributed by atoms with Crippen molar-refractivity contribution in [1.29, 1.82) is 0 Å². The van der Waals surface area contributed by atoms with Crippen LogP contribution in [0, 0.1) is 0 Å². The Kier molecular flexibility index (Phi) is 4.07. The van der Waals surface area contributed by atoms with Crippen LogP contribution < -0.4 is 0 Å². The summed E-state index contributed by atoms with van der Waals surface area (Å²) < 4.78 is 4.89. The molecule has 0 fully saturated rings. The molecule has 11 heavy (non-hydrogen) atoms. The summed E-state index contributed by atoms with van der Waals surface area (Å²) in [6.07, 6.45) is -0.285. The molecule has 0 saturated heterocycles. The van der Waals surface area contributed by atoms with E-state index in [2.05, 4.69) is 0 Å². The lowest BCUT2D eigenvalue weighted by Crippen LogP contribution is -2.33. The highest BCUT2D eigenvalue weighted by Gasteiger charge is 2.23. The molecule has 0 aliphatic heterocycles. The Hall–Kier alpha value is -0.610. The van der Waals surface area contributed by atoms with Gasteiger partial charge in [0.2, 0.25) is 0 Å². The van der Waals surface area contributed by atoms with Gasteiger partial charge < -0.3 is 14.9 Å². The van der Waals surface area contributed by atoms with Crippen LogP contribution in [0.25, 0.3) is 0 Å². The molecule has 0 amide bonds. The normalized spacial score (nSPS) is 15.9. The average molecular weight is 162 g/mol. The molecule has 0 aromatic carbocycles. The van der Waals surface area contributed by atoms with Gasteiger partial charge in [0, 0.05) is 6.61 Å². The predicted molar refractivity (Wildman–Crippen MR) is 39.4 cm³/mol. The van der Waals surface area contributed by atoms with Crippen LogP contribution in [0.1, 0.15) is 20.3 Å². The number of carboxylic acid groups (broad SMARTS) is 1. The number of carbonyl (C=O) groups is 1. The van der Waals surface area contributed by atoms with Crippen molar-refractivity contribution >= 4 is 5.97 Å². The maximum atomic E-state index is 10.2. The highest BCUT2D eigenvalue weighted by atomic mass is 16.5. The highest BCUT2D eigenvalue weighted by molar-refractivity contribution is 5.68. The van der Waals surface area contributed by atoms with Crippen LogP contribution in [-0.4, -0.2) is 35.0 Å². The first-order valence-corrected chi connectivity index (χ1v) is 3.50. The number of aliphatic hydroxyl groups is 1. The van der Waals surface area contributed by atoms with Crippen molar-refractivity contribution in [3.63, 3.8) is 0 Å². The van der Waals surface area contributed by atoms with Gasteiger partial charge in [-0.25, -0.2) is 0 Å². The molecule has 0 rings (SSSR count). The van der Waals surface area contributed by atoms with E-state index < -0.39 is 11.6 Å². The van der Waals surface area contributed by atoms with Gasteiger partial charge in [0.05, 0.1) is 18.6 Å². The van der Waals surface area contributed by atoms with E-state index in [4.69, 9.17) is 9.84 Å². The van der Waals surface area contributed by atoms with Gasteiger partial charge >= 0.3 is 5.97 Å². The van der Waals surface area contributed by atoms with Crippen LogP contribution in [0.15, 0.2) is 0 Å². The molecule has 0 aliphatic rings. The zero-order chi connectivity index (χ0) is 8.91. The summed E-state index contributed by atoms with van der Waals surface area (Å²) in [6.45, 7) is 3.78. The minimum atomic E-state index is -1.25. The molecule has 0 aromatic heterocycles. The lowest BCUT2D eigenvalue weighted by Gasteiger charge is -2.19. The Bertz CT molecular complexity index is 130. The quantitative estimate of drug-likeness (QED) is 0.608. The summed E-state index contributed by atoms with van der Waals surface area (Å²) in [6, 6.07) is 0. The first kappa shape index (κ1) is 10.4. The smallest absolute Gasteiger partial charge is 0.306 e. The van der Waals surface area contributed by atoms with Gasteiger partial charge in [-0.3, -0.25) is 4.79 Å². The minimum Gasteiger partial charge on any atom is -0.481 e. The third-order valence-corrected chi connectivity index (χ3v) is 1.15. The number of aliphatic carboxylic acids is 1. The molecule has 0 heterocycles. The first-order chi connectivity index (χ1) is 4.98. The first-order valence-electron chi connectivity index (χ1n) is 3.50. The Balaban J connectivity index is 3.70. The van der Waals surface area contributed by atoms with Crippen molar-refractivity contribution in [3.05, 3.63) is 0 Å². The topological polar surface area (TPSA) is 66.8 Å². The van der Waals surface area contributed by atoms with Crippen molar-refractivity contribution in [2.45, 2.75) is 25.9 Å². The molecule has 0 aliphatic carbocycles. The largest absolute Gasteiger partial charge is 0.481 e. The SMILES string of the molecule is CCOCC(C)(O)CC(=O)O. The number of hydrogen-bond donors (Lipinski definition) is 2. The van der Waals surface area contributed by atoms with Crippen molar-refractivity contribution in [1.82, 2.24) is 0 Å². The molecule has 0 aromatic rings. The Labute approximate surface area is 65.8 Å². The third kappa shape index (κ3) is 5.82. The standard InChI is InChI=1S/C7H14O4/c1-3-11-5-7(2,10)4-6(8)9/h10H,3-5H2,1-2H3,(H,8,9). The molecule has 2 N–H and O–H groups in total. The summed E-state index contributed by atoms with van der Waals surface area (Å²) >= 11 is 0. The fraction of sp³-hybridized carbons (Fsp3) is 0.857. The molecule has 1 unspecified atom stereocenters. The van der Waals surface area contributed by atoms with Crippen LogP contribution in [0.5, 0.6) is 0 Å². The molecule has 0 saturated carbocycles. The van der Waals surface area contributed by atoms with E-state index in [-0.39, 0.29) is 13.0 Å². The highest BCUT2D eigenvalue weighted by Crippen LogP contribution is 2.08. The zero-order valence-corrected chi connectivity index (χ0v) is 6.83. The maximum absolute atomic E-state index is 10.2. The van der Waals surface area contributed by atoms with Crippen molar-refractivity contribution < 1.29 is 19.7 Å². The van der Waals surface area contributed by atoms with Gasteiger partial charge in [-0.15, -0.1) is 0 Å². The summed E-state index contributed by atoms with van der Waals surface area (Å²) in [5.74, 6) is -1.02. The second-order valence-corrected chi connectivity index (χ2v) is 2.70. The summed E-state index contributed by atoms with van der Waals surface area (Å²) in [5.41, 5.74) is -1.25. The number of ether oxygens (including phenoxy) is 1. The number of rotatable bonds is 5. The second kappa shape index (κ2) is 4.31. The lowest BCUT2D eigenvalue weighted by molar-refractivity contribution is -0.144. The van der Waals surface area contributed by atoms with Crippen LogP contribution in [-0.2, 0) is 9.53 Å². The molecule has 0 radical (unpaired) electrons. The predicted octanol–water partition coefficient (Wildman–Crippen LogP) is 0.249. The van der Waals surface area contributed by atoms with E-state index in [9.17, 15) is 9.90 Å². The maximum Gasteiger partial charge on any atom is 0.306 e. The number of carboxylic acids is 1. The van der Waals surface area contributed by atoms with E-state index in [1.165, 1.54) is 6.92 Å². The van der Waals surface area contributed by atoms with Crippen LogP contribution in [0.3, 0.4) is 0 Å². The fourth-order valence-corrected chi connectivity index (χ4v) is 0.699. The summed E-state index contributed by atoms with van der Waals surface area (Å²) in [5, 5.41) is 17.6. The fourth-order valence-electron chi connectivity index (χ4n) is 0.699. The molecule has 4 heteroatoms. The van der Waals surface area contributed by atoms with Gasteiger partial charge in [0.1, 0.15) is 0 Å². The van der Waals surface area contributed by atoms with Gasteiger partial charge in [0.25, 0.3) is 0 Å². The van der Waals surface area contributed by atoms with Gasteiger partial charge in [-0.2, -0.15) is 0 Å². The summed E-state index contributed by atoms with van der Waals surface area (Å²) in [7, 11) is 0. The van der Waals surface area contributed by atoms with E-state index in [1.807, 2.05) is 0 Å². The molecule has 0 spiro atoms. The van der Waals surface area contributed by atoms with Gasteiger partial charge in [-0.05, 0) is 13.8 Å².